The average Bonchev–Trinajstić information content (AvgIpc) is 2.84. The Hall–Kier alpha value is -3.97. The summed E-state index contributed by atoms with van der Waals surface area (Å²) >= 11 is 0. The summed E-state index contributed by atoms with van der Waals surface area (Å²) in [5.41, 5.74) is 3.19. The van der Waals surface area contributed by atoms with Gasteiger partial charge in [0.05, 0.1) is 18.7 Å². The largest absolute Gasteiger partial charge is 0.497 e. The van der Waals surface area contributed by atoms with E-state index in [9.17, 15) is 4.79 Å². The van der Waals surface area contributed by atoms with Gasteiger partial charge in [-0.15, -0.1) is 0 Å². The highest BCUT2D eigenvalue weighted by atomic mass is 16.5. The maximum Gasteiger partial charge on any atom is 0.255 e. The van der Waals surface area contributed by atoms with Crippen molar-refractivity contribution in [2.75, 3.05) is 31.3 Å². The lowest BCUT2D eigenvalue weighted by Crippen LogP contribution is -2.24. The number of methoxy groups -OCH3 is 1. The molecule has 0 bridgehead atoms. The number of rotatable bonds is 8. The van der Waals surface area contributed by atoms with Crippen molar-refractivity contribution in [3.63, 3.8) is 0 Å². The van der Waals surface area contributed by atoms with Crippen LogP contribution in [0.1, 0.15) is 22.0 Å². The third kappa shape index (κ3) is 4.84. The summed E-state index contributed by atoms with van der Waals surface area (Å²) in [6.07, 6.45) is 1.56. The van der Waals surface area contributed by atoms with E-state index in [1.807, 2.05) is 55.6 Å². The van der Waals surface area contributed by atoms with Crippen molar-refractivity contribution < 1.29 is 9.53 Å². The van der Waals surface area contributed by atoms with E-state index in [0.717, 1.165) is 28.0 Å². The Labute approximate surface area is 186 Å². The minimum Gasteiger partial charge on any atom is -0.497 e. The van der Waals surface area contributed by atoms with Gasteiger partial charge in [-0.25, -0.2) is 9.97 Å². The van der Waals surface area contributed by atoms with Gasteiger partial charge in [-0.3, -0.25) is 4.79 Å². The van der Waals surface area contributed by atoms with E-state index in [1.165, 1.54) is 0 Å². The van der Waals surface area contributed by atoms with Crippen molar-refractivity contribution in [3.8, 4) is 5.75 Å². The number of carbonyl (C=O) groups is 1. The van der Waals surface area contributed by atoms with E-state index >= 15 is 0 Å². The summed E-state index contributed by atoms with van der Waals surface area (Å²) in [7, 11) is 3.50. The first-order chi connectivity index (χ1) is 15.7. The van der Waals surface area contributed by atoms with Gasteiger partial charge in [0.25, 0.3) is 5.91 Å². The second-order valence-electron chi connectivity index (χ2n) is 7.30. The van der Waals surface area contributed by atoms with E-state index in [4.69, 9.17) is 4.74 Å². The number of likely N-dealkylation sites (N-methyl/N-ethyl adjacent to an activating group) is 1. The van der Waals surface area contributed by atoms with Crippen LogP contribution in [0.3, 0.4) is 0 Å². The van der Waals surface area contributed by atoms with Crippen molar-refractivity contribution in [2.24, 2.45) is 0 Å². The number of nitrogens with one attached hydrogen (secondary N) is 3. The number of fused-ring (bicyclic) bond motifs is 1. The number of amides is 1. The van der Waals surface area contributed by atoms with Crippen LogP contribution in [0.15, 0.2) is 79.1 Å². The molecule has 162 valence electrons. The summed E-state index contributed by atoms with van der Waals surface area (Å²) in [5, 5.41) is 10.7. The Balaban J connectivity index is 1.55. The quantitative estimate of drug-likeness (QED) is 0.389. The Bertz CT molecular complexity index is 1210. The average molecular weight is 428 g/mol. The summed E-state index contributed by atoms with van der Waals surface area (Å²) in [6, 6.07) is 22.7. The number of hydrogen-bond acceptors (Lipinski definition) is 6. The Kier molecular flexibility index (Phi) is 6.57. The van der Waals surface area contributed by atoms with Crippen LogP contribution in [0.25, 0.3) is 10.9 Å². The van der Waals surface area contributed by atoms with E-state index in [0.29, 0.717) is 17.9 Å². The van der Waals surface area contributed by atoms with E-state index in [2.05, 4.69) is 25.9 Å². The van der Waals surface area contributed by atoms with Gasteiger partial charge in [-0.05, 0) is 61.1 Å². The molecule has 1 aromatic heterocycles. The number of hydrogen-bond donors (Lipinski definition) is 3. The van der Waals surface area contributed by atoms with Gasteiger partial charge < -0.3 is 20.7 Å². The van der Waals surface area contributed by atoms with Crippen LogP contribution in [0.5, 0.6) is 5.75 Å². The van der Waals surface area contributed by atoms with Gasteiger partial charge in [0.15, 0.2) is 0 Å². The molecule has 1 unspecified atom stereocenters. The molecule has 7 nitrogen and oxygen atoms in total. The SMILES string of the molecule is CNCC(Nc1ncnc2ccccc12)c1cccc(NC(=O)c2ccc(OC)cc2)c1. The summed E-state index contributed by atoms with van der Waals surface area (Å²) in [6.45, 7) is 0.675. The number of nitrogens with zero attached hydrogens (tertiary/aromatic N) is 2. The van der Waals surface area contributed by atoms with Gasteiger partial charge in [-0.1, -0.05) is 24.3 Å². The molecule has 0 aliphatic carbocycles. The number of aromatic nitrogens is 2. The molecule has 7 heteroatoms. The number of ether oxygens (including phenoxy) is 1. The molecule has 0 saturated carbocycles. The van der Waals surface area contributed by atoms with Crippen LogP contribution in [0.4, 0.5) is 11.5 Å². The van der Waals surface area contributed by atoms with Gasteiger partial charge in [0, 0.05) is 23.2 Å². The number of anilines is 2. The monoisotopic (exact) mass is 427 g/mol. The molecule has 1 atom stereocenters. The van der Waals surface area contributed by atoms with Crippen LogP contribution in [0, 0.1) is 0 Å². The maximum atomic E-state index is 12.7. The third-order valence-electron chi connectivity index (χ3n) is 5.16. The van der Waals surface area contributed by atoms with Crippen LogP contribution >= 0.6 is 0 Å². The van der Waals surface area contributed by atoms with Crippen molar-refractivity contribution in [1.82, 2.24) is 15.3 Å². The van der Waals surface area contributed by atoms with Gasteiger partial charge >= 0.3 is 0 Å². The van der Waals surface area contributed by atoms with E-state index < -0.39 is 0 Å². The normalized spacial score (nSPS) is 11.7. The zero-order valence-corrected chi connectivity index (χ0v) is 18.0. The minimum absolute atomic E-state index is 0.0591. The van der Waals surface area contributed by atoms with Crippen LogP contribution < -0.4 is 20.7 Å². The van der Waals surface area contributed by atoms with E-state index in [-0.39, 0.29) is 11.9 Å². The minimum atomic E-state index is -0.176. The molecule has 1 heterocycles. The molecule has 0 radical (unpaired) electrons. The number of para-hydroxylation sites is 1. The standard InChI is InChI=1S/C25H25N5O2/c1-26-15-23(30-24-21-8-3-4-9-22(21)27-16-28-24)18-6-5-7-19(14-18)29-25(31)17-10-12-20(32-2)13-11-17/h3-14,16,23,26H,15H2,1-2H3,(H,29,31)(H,27,28,30). The smallest absolute Gasteiger partial charge is 0.255 e. The van der Waals surface area contributed by atoms with Crippen molar-refractivity contribution in [1.29, 1.82) is 0 Å². The highest BCUT2D eigenvalue weighted by molar-refractivity contribution is 6.04. The topological polar surface area (TPSA) is 88.2 Å². The Morgan fingerprint density at radius 2 is 1.81 bits per heavy atom. The highest BCUT2D eigenvalue weighted by Gasteiger charge is 2.15. The molecule has 3 N–H and O–H groups in total. The molecule has 0 aliphatic heterocycles. The highest BCUT2D eigenvalue weighted by Crippen LogP contribution is 2.25. The van der Waals surface area contributed by atoms with Crippen LogP contribution in [-0.4, -0.2) is 36.6 Å². The van der Waals surface area contributed by atoms with Gasteiger partial charge in [-0.2, -0.15) is 0 Å². The summed E-state index contributed by atoms with van der Waals surface area (Å²) < 4.78 is 5.15. The fourth-order valence-corrected chi connectivity index (χ4v) is 3.52. The van der Waals surface area contributed by atoms with Crippen LogP contribution in [0.2, 0.25) is 0 Å². The zero-order valence-electron chi connectivity index (χ0n) is 18.0. The third-order valence-corrected chi connectivity index (χ3v) is 5.16. The molecule has 0 fully saturated rings. The lowest BCUT2D eigenvalue weighted by Gasteiger charge is -2.21. The molecule has 0 spiro atoms. The zero-order chi connectivity index (χ0) is 22.3. The molecule has 0 saturated heterocycles. The molecule has 32 heavy (non-hydrogen) atoms. The van der Waals surface area contributed by atoms with Gasteiger partial charge in [0.1, 0.15) is 17.9 Å². The lowest BCUT2D eigenvalue weighted by molar-refractivity contribution is 0.102. The van der Waals surface area contributed by atoms with Crippen LogP contribution in [-0.2, 0) is 0 Å². The van der Waals surface area contributed by atoms with Crippen molar-refractivity contribution in [2.45, 2.75) is 6.04 Å². The second-order valence-corrected chi connectivity index (χ2v) is 7.30. The molecular weight excluding hydrogens is 402 g/mol. The predicted molar refractivity (Wildman–Crippen MR) is 127 cm³/mol. The maximum absolute atomic E-state index is 12.7. The first-order valence-corrected chi connectivity index (χ1v) is 10.3. The fourth-order valence-electron chi connectivity index (χ4n) is 3.52. The van der Waals surface area contributed by atoms with E-state index in [1.54, 1.807) is 37.7 Å². The molecular formula is C25H25N5O2. The van der Waals surface area contributed by atoms with Crippen molar-refractivity contribution >= 4 is 28.3 Å². The second kappa shape index (κ2) is 9.89. The molecule has 4 rings (SSSR count). The number of carbonyl (C=O) groups excluding carboxylic acids is 1. The molecule has 3 aromatic carbocycles. The molecule has 0 aliphatic rings. The fraction of sp³-hybridized carbons (Fsp3) is 0.160. The number of benzene rings is 3. The Morgan fingerprint density at radius 1 is 1.00 bits per heavy atom. The molecule has 1 amide bonds. The first-order valence-electron chi connectivity index (χ1n) is 10.3. The molecule has 4 aromatic rings. The lowest BCUT2D eigenvalue weighted by atomic mass is 10.1. The van der Waals surface area contributed by atoms with Crippen molar-refractivity contribution in [3.05, 3.63) is 90.3 Å². The summed E-state index contributed by atoms with van der Waals surface area (Å²) in [4.78, 5) is 21.4. The summed E-state index contributed by atoms with van der Waals surface area (Å²) in [5.74, 6) is 1.30. The van der Waals surface area contributed by atoms with Gasteiger partial charge in [0.2, 0.25) is 0 Å². The Morgan fingerprint density at radius 3 is 2.59 bits per heavy atom. The predicted octanol–water partition coefficient (Wildman–Crippen LogP) is 4.26. The first kappa shape index (κ1) is 21.3.